The molecule has 0 saturated carbocycles. The van der Waals surface area contributed by atoms with E-state index < -0.39 is 0 Å². The van der Waals surface area contributed by atoms with Gasteiger partial charge in [-0.05, 0) is 71.1 Å². The van der Waals surface area contributed by atoms with Crippen molar-refractivity contribution in [3.63, 3.8) is 0 Å². The van der Waals surface area contributed by atoms with Crippen LogP contribution in [0.4, 0.5) is 0 Å². The number of hydrogen-bond acceptors (Lipinski definition) is 2. The van der Waals surface area contributed by atoms with Gasteiger partial charge < -0.3 is 0 Å². The lowest BCUT2D eigenvalue weighted by Gasteiger charge is -2.14. The van der Waals surface area contributed by atoms with Crippen molar-refractivity contribution in [3.8, 4) is 44.9 Å². The van der Waals surface area contributed by atoms with Crippen molar-refractivity contribution in [1.82, 2.24) is 9.97 Å². The van der Waals surface area contributed by atoms with Crippen LogP contribution in [-0.4, -0.2) is 9.97 Å². The summed E-state index contributed by atoms with van der Waals surface area (Å²) < 4.78 is 0. The van der Waals surface area contributed by atoms with E-state index in [2.05, 4.69) is 140 Å². The monoisotopic (exact) mass is 634 g/mol. The summed E-state index contributed by atoms with van der Waals surface area (Å²) in [6.07, 6.45) is 1.89. The van der Waals surface area contributed by atoms with Crippen LogP contribution in [0.2, 0.25) is 0 Å². The summed E-state index contributed by atoms with van der Waals surface area (Å²) in [5, 5.41) is 12.8. The topological polar surface area (TPSA) is 25.8 Å². The van der Waals surface area contributed by atoms with Gasteiger partial charge in [-0.3, -0.25) is 4.98 Å². The summed E-state index contributed by atoms with van der Waals surface area (Å²) >= 11 is 0. The van der Waals surface area contributed by atoms with Gasteiger partial charge in [0.1, 0.15) is 0 Å². The van der Waals surface area contributed by atoms with E-state index in [0.29, 0.717) is 0 Å². The van der Waals surface area contributed by atoms with E-state index in [1.54, 1.807) is 0 Å². The third-order valence-electron chi connectivity index (χ3n) is 10.1. The third kappa shape index (κ3) is 4.57. The average molecular weight is 635 g/mol. The first-order valence-electron chi connectivity index (χ1n) is 17.1. The van der Waals surface area contributed by atoms with E-state index >= 15 is 0 Å². The lowest BCUT2D eigenvalue weighted by Crippen LogP contribution is -1.96. The summed E-state index contributed by atoms with van der Waals surface area (Å²) in [6.45, 7) is 0. The highest BCUT2D eigenvalue weighted by Crippen LogP contribution is 2.41. The zero-order chi connectivity index (χ0) is 33.0. The van der Waals surface area contributed by atoms with Gasteiger partial charge in [0.15, 0.2) is 0 Å². The Labute approximate surface area is 290 Å². The predicted octanol–water partition coefficient (Wildman–Crippen LogP) is 12.9. The summed E-state index contributed by atoms with van der Waals surface area (Å²) in [6, 6.07) is 63.1. The molecule has 232 valence electrons. The number of aromatic nitrogens is 2. The minimum absolute atomic E-state index is 0.850. The molecule has 1 heterocycles. The van der Waals surface area contributed by atoms with Crippen molar-refractivity contribution in [1.29, 1.82) is 0 Å². The molecule has 0 radical (unpaired) electrons. The molecule has 0 N–H and O–H groups in total. The molecule has 0 fully saturated rings. The molecule has 0 unspecified atom stereocenters. The van der Waals surface area contributed by atoms with Crippen LogP contribution in [-0.2, 0) is 0 Å². The highest BCUT2D eigenvalue weighted by molar-refractivity contribution is 6.32. The van der Waals surface area contributed by atoms with Crippen LogP contribution in [0.15, 0.2) is 182 Å². The zero-order valence-electron chi connectivity index (χ0n) is 27.2. The van der Waals surface area contributed by atoms with Gasteiger partial charge in [0.05, 0.1) is 23.3 Å². The molecular weight excluding hydrogens is 605 g/mol. The first kappa shape index (κ1) is 28.4. The molecule has 0 aliphatic rings. The molecule has 9 aromatic carbocycles. The van der Waals surface area contributed by atoms with Crippen molar-refractivity contribution in [3.05, 3.63) is 182 Å². The smallest absolute Gasteiger partial charge is 0.0972 e. The van der Waals surface area contributed by atoms with Gasteiger partial charge >= 0.3 is 0 Å². The Morgan fingerprint density at radius 2 is 0.800 bits per heavy atom. The Hall–Kier alpha value is -6.64. The molecule has 0 spiro atoms. The van der Waals surface area contributed by atoms with Gasteiger partial charge in [0, 0.05) is 16.7 Å². The van der Waals surface area contributed by atoms with E-state index in [-0.39, 0.29) is 0 Å². The number of benzene rings is 8. The molecule has 50 heavy (non-hydrogen) atoms. The van der Waals surface area contributed by atoms with Crippen LogP contribution in [0.3, 0.4) is 0 Å². The van der Waals surface area contributed by atoms with Crippen LogP contribution in [0, 0.1) is 0 Å². The van der Waals surface area contributed by atoms with E-state index in [0.717, 1.165) is 39.3 Å². The van der Waals surface area contributed by atoms with E-state index in [1.807, 2.05) is 42.6 Å². The van der Waals surface area contributed by atoms with Crippen LogP contribution >= 0.6 is 0 Å². The summed E-state index contributed by atoms with van der Waals surface area (Å²) in [5.74, 6) is 0. The van der Waals surface area contributed by atoms with Gasteiger partial charge in [0.2, 0.25) is 0 Å². The van der Waals surface area contributed by atoms with E-state index in [9.17, 15) is 0 Å². The molecule has 0 aliphatic carbocycles. The lowest BCUT2D eigenvalue weighted by molar-refractivity contribution is 1.21. The fourth-order valence-corrected chi connectivity index (χ4v) is 7.71. The molecule has 10 rings (SSSR count). The lowest BCUT2D eigenvalue weighted by atomic mass is 9.89. The van der Waals surface area contributed by atoms with Crippen LogP contribution < -0.4 is 0 Å². The van der Waals surface area contributed by atoms with Gasteiger partial charge in [-0.2, -0.15) is 0 Å². The first-order chi connectivity index (χ1) is 24.8. The fourth-order valence-electron chi connectivity index (χ4n) is 7.71. The normalized spacial score (nSPS) is 11.6. The fraction of sp³-hybridized carbons (Fsp3) is 0. The van der Waals surface area contributed by atoms with Crippen LogP contribution in [0.25, 0.3) is 98.8 Å². The summed E-state index contributed by atoms with van der Waals surface area (Å²) in [5.41, 5.74) is 8.09. The molecule has 1 aromatic heterocycles. The second-order valence-corrected chi connectivity index (χ2v) is 12.9. The molecule has 0 aliphatic heterocycles. The molecular formula is C48H30N2. The van der Waals surface area contributed by atoms with E-state index in [4.69, 9.17) is 9.97 Å². The Bertz CT molecular complexity index is 2890. The maximum absolute atomic E-state index is 5.18. The first-order valence-corrected chi connectivity index (χ1v) is 17.1. The van der Waals surface area contributed by atoms with E-state index in [1.165, 1.54) is 59.4 Å². The SMILES string of the molecule is c1ccc(-c2ncc(-c3ccc(-c4ccc5c(c4)c4ccccc4c4cccc6ccc7cccc5c7c64)cc3)nc2-c2ccccc2)cc1. The second-order valence-electron chi connectivity index (χ2n) is 12.9. The average Bonchev–Trinajstić information content (AvgIpc) is 3.20. The Kier molecular flexibility index (Phi) is 6.53. The van der Waals surface area contributed by atoms with Crippen molar-refractivity contribution < 1.29 is 0 Å². The van der Waals surface area contributed by atoms with Gasteiger partial charge in [0.25, 0.3) is 0 Å². The van der Waals surface area contributed by atoms with Crippen molar-refractivity contribution in [2.24, 2.45) is 0 Å². The number of fused-ring (bicyclic) bond motifs is 5. The quantitative estimate of drug-likeness (QED) is 0.180. The summed E-state index contributed by atoms with van der Waals surface area (Å²) in [4.78, 5) is 10.1. The number of nitrogens with zero attached hydrogens (tertiary/aromatic N) is 2. The van der Waals surface area contributed by atoms with Crippen LogP contribution in [0.5, 0.6) is 0 Å². The Balaban J connectivity index is 1.14. The highest BCUT2D eigenvalue weighted by Gasteiger charge is 2.15. The van der Waals surface area contributed by atoms with Gasteiger partial charge in [-0.15, -0.1) is 0 Å². The standard InChI is InChI=1S/C48H30N2/c1-3-11-35(12-4-1)47-48(36-13-5-2-6-14-36)50-44(30-49-47)32-23-21-31(22-24-32)37-27-28-40-42-20-10-16-34-26-25-33-15-9-19-41(45(33)46(34)42)38-17-7-8-18-39(38)43(40)29-37/h1-30H. The van der Waals surface area contributed by atoms with Gasteiger partial charge in [-0.25, -0.2) is 4.98 Å². The zero-order valence-corrected chi connectivity index (χ0v) is 27.2. The maximum Gasteiger partial charge on any atom is 0.0972 e. The minimum atomic E-state index is 0.850. The number of hydrogen-bond donors (Lipinski definition) is 0. The Morgan fingerprint density at radius 1 is 0.300 bits per heavy atom. The second kappa shape index (κ2) is 11.5. The predicted molar refractivity (Wildman–Crippen MR) is 211 cm³/mol. The summed E-state index contributed by atoms with van der Waals surface area (Å²) in [7, 11) is 0. The highest BCUT2D eigenvalue weighted by atomic mass is 14.8. The largest absolute Gasteiger partial charge is 0.252 e. The number of rotatable bonds is 4. The van der Waals surface area contributed by atoms with Gasteiger partial charge in [-0.1, -0.05) is 170 Å². The molecule has 2 heteroatoms. The maximum atomic E-state index is 5.18. The minimum Gasteiger partial charge on any atom is -0.252 e. The van der Waals surface area contributed by atoms with Crippen molar-refractivity contribution in [2.45, 2.75) is 0 Å². The molecule has 0 amide bonds. The molecule has 0 saturated heterocycles. The van der Waals surface area contributed by atoms with Crippen molar-refractivity contribution in [2.75, 3.05) is 0 Å². The molecule has 10 aromatic rings. The third-order valence-corrected chi connectivity index (χ3v) is 10.1. The van der Waals surface area contributed by atoms with Crippen molar-refractivity contribution >= 4 is 53.9 Å². The molecule has 2 nitrogen and oxygen atoms in total. The van der Waals surface area contributed by atoms with Crippen LogP contribution in [0.1, 0.15) is 0 Å². The Morgan fingerprint density at radius 3 is 1.44 bits per heavy atom. The molecule has 0 bridgehead atoms. The molecule has 0 atom stereocenters.